The topological polar surface area (TPSA) is 111 Å². The molecule has 12 heteroatoms. The summed E-state index contributed by atoms with van der Waals surface area (Å²) in [4.78, 5) is 0. The molecule has 0 aromatic heterocycles. The second-order valence-corrected chi connectivity index (χ2v) is 24.4. The lowest BCUT2D eigenvalue weighted by molar-refractivity contribution is -0.267. The number of hydrogen-bond acceptors (Lipinski definition) is 12. The maximum absolute atomic E-state index is 7.70. The van der Waals surface area contributed by atoms with Crippen molar-refractivity contribution in [2.75, 3.05) is 13.2 Å². The Morgan fingerprint density at radius 2 is 0.505 bits per heavy atom. The van der Waals surface area contributed by atoms with Gasteiger partial charge >= 0.3 is 0 Å². The molecule has 3 aliphatic heterocycles. The van der Waals surface area contributed by atoms with Crippen LogP contribution in [0, 0.1) is 0 Å². The highest BCUT2D eigenvalue weighted by atomic mass is 16.6. The summed E-state index contributed by atoms with van der Waals surface area (Å²) in [5.41, 5.74) is 9.31. The summed E-state index contributed by atoms with van der Waals surface area (Å²) in [6.07, 6.45) is -1.10. The van der Waals surface area contributed by atoms with E-state index in [4.69, 9.17) is 56.8 Å². The summed E-state index contributed by atoms with van der Waals surface area (Å²) >= 11 is 0. The molecule has 0 saturated carbocycles. The van der Waals surface area contributed by atoms with Gasteiger partial charge in [0.05, 0.1) is 96.4 Å². The average molecular weight is 1280 g/mol. The summed E-state index contributed by atoms with van der Waals surface area (Å²) in [7, 11) is 0. The van der Waals surface area contributed by atoms with Crippen LogP contribution < -0.4 is 0 Å². The fourth-order valence-corrected chi connectivity index (χ4v) is 12.4. The van der Waals surface area contributed by atoms with Crippen LogP contribution in [0.15, 0.2) is 297 Å². The highest BCUT2D eigenvalue weighted by molar-refractivity contribution is 5.22. The minimum atomic E-state index is -0.682. The van der Waals surface area contributed by atoms with E-state index in [0.717, 1.165) is 55.8 Å². The minimum absolute atomic E-state index is 0.221. The molecule has 0 amide bonds. The van der Waals surface area contributed by atoms with Crippen LogP contribution in [-0.2, 0) is 116 Å². The van der Waals surface area contributed by atoms with Gasteiger partial charge in [0.2, 0.25) is 0 Å². The summed E-state index contributed by atoms with van der Waals surface area (Å²) < 4.78 is 84.9. The Labute approximate surface area is 559 Å². The van der Waals surface area contributed by atoms with Crippen LogP contribution in [-0.4, -0.2) is 80.4 Å². The van der Waals surface area contributed by atoms with Gasteiger partial charge in [-0.25, -0.2) is 0 Å². The largest absolute Gasteiger partial charge is 0.490 e. The van der Waals surface area contributed by atoms with E-state index in [2.05, 4.69) is 121 Å². The van der Waals surface area contributed by atoms with Gasteiger partial charge in [0.1, 0.15) is 42.7 Å². The van der Waals surface area contributed by atoms with Gasteiger partial charge in [-0.2, -0.15) is 0 Å². The quantitative estimate of drug-likeness (QED) is 0.0383. The van der Waals surface area contributed by atoms with Gasteiger partial charge in [-0.15, -0.1) is 0 Å². The zero-order valence-electron chi connectivity index (χ0n) is 53.8. The number of ether oxygens (including phenoxy) is 12. The van der Waals surface area contributed by atoms with Gasteiger partial charge in [-0.05, 0) is 68.6 Å². The van der Waals surface area contributed by atoms with Crippen LogP contribution in [0.4, 0.5) is 0 Å². The first kappa shape index (κ1) is 66.7. The summed E-state index contributed by atoms with van der Waals surface area (Å²) in [5, 5.41) is 0. The van der Waals surface area contributed by atoms with Crippen LogP contribution in [0.1, 0.15) is 69.3 Å². The molecular formula is C83H86O12. The maximum Gasteiger partial charge on any atom is 0.150 e. The van der Waals surface area contributed by atoms with Gasteiger partial charge in [-0.3, -0.25) is 0 Å². The van der Waals surface area contributed by atoms with Gasteiger partial charge in [0.25, 0.3) is 0 Å². The van der Waals surface area contributed by atoms with Crippen LogP contribution in [0.5, 0.6) is 0 Å². The molecule has 12 nitrogen and oxygen atoms in total. The molecule has 0 unspecified atom stereocenters. The fraction of sp³-hybridized carbons (Fsp3) is 0.301. The zero-order chi connectivity index (χ0) is 64.3. The van der Waals surface area contributed by atoms with Gasteiger partial charge in [0.15, 0.2) is 12.2 Å². The van der Waals surface area contributed by atoms with Crippen molar-refractivity contribution in [3.63, 3.8) is 0 Å². The predicted molar refractivity (Wildman–Crippen MR) is 366 cm³/mol. The van der Waals surface area contributed by atoms with Crippen LogP contribution in [0.25, 0.3) is 0 Å². The van der Waals surface area contributed by atoms with E-state index in [1.807, 2.05) is 164 Å². The van der Waals surface area contributed by atoms with Gasteiger partial charge in [0, 0.05) is 12.8 Å². The lowest BCUT2D eigenvalue weighted by Crippen LogP contribution is -2.60. The van der Waals surface area contributed by atoms with E-state index >= 15 is 0 Å². The molecule has 0 bridgehead atoms. The third kappa shape index (κ3) is 20.3. The van der Waals surface area contributed by atoms with Gasteiger partial charge in [-0.1, -0.05) is 273 Å². The molecule has 490 valence electrons. The first-order valence-corrected chi connectivity index (χ1v) is 33.3. The third-order valence-corrected chi connectivity index (χ3v) is 17.3. The van der Waals surface area contributed by atoms with E-state index in [9.17, 15) is 0 Å². The molecule has 0 radical (unpaired) electrons. The maximum atomic E-state index is 7.70. The molecule has 1 fully saturated rings. The molecule has 3 aliphatic rings. The Hall–Kier alpha value is -8.34. The van der Waals surface area contributed by atoms with Crippen molar-refractivity contribution in [1.82, 2.24) is 0 Å². The molecule has 1 saturated heterocycles. The Morgan fingerprint density at radius 1 is 0.242 bits per heavy atom. The lowest BCUT2D eigenvalue weighted by Gasteiger charge is -2.47. The first-order chi connectivity index (χ1) is 47.1. The van der Waals surface area contributed by atoms with Crippen molar-refractivity contribution in [3.05, 3.63) is 347 Å². The van der Waals surface area contributed by atoms with E-state index in [1.165, 1.54) is 0 Å². The minimum Gasteiger partial charge on any atom is -0.490 e. The van der Waals surface area contributed by atoms with Crippen molar-refractivity contribution in [1.29, 1.82) is 0 Å². The molecule has 12 rings (SSSR count). The van der Waals surface area contributed by atoms with Crippen molar-refractivity contribution in [2.24, 2.45) is 0 Å². The van der Waals surface area contributed by atoms with E-state index in [-0.39, 0.29) is 26.2 Å². The second kappa shape index (κ2) is 36.0. The monoisotopic (exact) mass is 1270 g/mol. The highest BCUT2D eigenvalue weighted by Gasteiger charge is 2.50. The van der Waals surface area contributed by atoms with Crippen LogP contribution >= 0.6 is 0 Å². The molecule has 0 aliphatic carbocycles. The van der Waals surface area contributed by atoms with Crippen molar-refractivity contribution >= 4 is 0 Å². The summed E-state index contributed by atoms with van der Waals surface area (Å²) in [6, 6.07) is 91.9. The standard InChI is InChI=1S/C83H86O12/c1-10-28-62(29-11-1)51-84-60-77-79(88-55-66-36-18-5-19-37-66)74(86-53-64-32-14-3-15-33-64)48-71(93-77)46-47-73-81(90-57-68-40-22-7-23-41-68)83(92-59-70-44-26-9-27-45-70)82(91-58-69-42-24-8-25-43-69)76(95-73)50-72-49-75(87-54-65-34-16-4-17-35-65)80(89-56-67-38-20-6-21-39-67)78(94-72)61-85-52-63-30-12-2-13-31-63/h1-45,48-49,73-83H,46-47,50-61H2/t73-,74-,75-,76-,77-,78-,79+,80+,81-,82+,83+/m1/s1. The molecule has 0 spiro atoms. The second-order valence-electron chi connectivity index (χ2n) is 24.4. The molecule has 11 atom stereocenters. The lowest BCUT2D eigenvalue weighted by atomic mass is 9.89. The number of benzene rings is 9. The number of rotatable bonds is 34. The van der Waals surface area contributed by atoms with Crippen LogP contribution in [0.2, 0.25) is 0 Å². The van der Waals surface area contributed by atoms with Crippen LogP contribution in [0.3, 0.4) is 0 Å². The average Bonchev–Trinajstić information content (AvgIpc) is 0.847. The Kier molecular flexibility index (Phi) is 25.2. The van der Waals surface area contributed by atoms with Crippen molar-refractivity contribution < 1.29 is 56.8 Å². The number of hydrogen-bond donors (Lipinski definition) is 0. The molecule has 95 heavy (non-hydrogen) atoms. The molecule has 9 aromatic rings. The summed E-state index contributed by atoms with van der Waals surface area (Å²) in [6.45, 7) is 3.54. The molecule has 3 heterocycles. The molecule has 0 N–H and O–H groups in total. The predicted octanol–water partition coefficient (Wildman–Crippen LogP) is 16.0. The zero-order valence-corrected chi connectivity index (χ0v) is 53.8. The molecule has 9 aromatic carbocycles. The third-order valence-electron chi connectivity index (χ3n) is 17.3. The Bertz CT molecular complexity index is 3650. The first-order valence-electron chi connectivity index (χ1n) is 33.3. The number of allylic oxidation sites excluding steroid dienone is 1. The molecular weight excluding hydrogens is 1190 g/mol. The highest BCUT2D eigenvalue weighted by Crippen LogP contribution is 2.39. The van der Waals surface area contributed by atoms with Crippen molar-refractivity contribution in [2.45, 2.75) is 146 Å². The normalized spacial score (nSPS) is 22.6. The SMILES string of the molecule is C1=C(CC[C@H]2O[C@H](CC3=C[C@@H](OCc4ccccc4)[C@H](OCc4ccccc4)[C@@H](COCc4ccccc4)O3)[C@H](OCc3ccccc3)[C@@H](OCc3ccccc3)[C@@H]2OCc2ccccc2)O[C@H](COCc2ccccc2)[C@@H](OCc2ccccc2)[C@@H]1OCc1ccccc1. The fourth-order valence-electron chi connectivity index (χ4n) is 12.4. The smallest absolute Gasteiger partial charge is 0.150 e. The van der Waals surface area contributed by atoms with E-state index in [1.54, 1.807) is 0 Å². The van der Waals surface area contributed by atoms with E-state index < -0.39 is 67.1 Å². The van der Waals surface area contributed by atoms with Crippen molar-refractivity contribution in [3.8, 4) is 0 Å². The summed E-state index contributed by atoms with van der Waals surface area (Å²) in [5.74, 6) is 1.40. The Balaban J connectivity index is 0.903. The van der Waals surface area contributed by atoms with E-state index in [0.29, 0.717) is 71.5 Å². The Morgan fingerprint density at radius 3 is 0.842 bits per heavy atom. The van der Waals surface area contributed by atoms with Gasteiger partial charge < -0.3 is 56.8 Å².